The third-order valence-corrected chi connectivity index (χ3v) is 27.6. The Morgan fingerprint density at radius 3 is 1.65 bits per heavy atom. The van der Waals surface area contributed by atoms with E-state index in [0.29, 0.717) is 0 Å². The third-order valence-electron chi connectivity index (χ3n) is 4.32. The predicted octanol–water partition coefficient (Wildman–Crippen LogP) is 5.04. The molecule has 0 radical (unpaired) electrons. The maximum atomic E-state index is 2.63. The van der Waals surface area contributed by atoms with Gasteiger partial charge in [-0.25, -0.2) is 0 Å². The Morgan fingerprint density at radius 1 is 0.783 bits per heavy atom. The second-order valence-electron chi connectivity index (χ2n) is 6.06. The van der Waals surface area contributed by atoms with Gasteiger partial charge in [0.25, 0.3) is 0 Å². The van der Waals surface area contributed by atoms with Gasteiger partial charge in [0.15, 0.2) is 0 Å². The molecule has 0 saturated carbocycles. The van der Waals surface area contributed by atoms with E-state index >= 15 is 0 Å². The topological polar surface area (TPSA) is 0 Å². The number of allylic oxidation sites excluding steroid dienone is 4. The Morgan fingerprint density at radius 2 is 1.26 bits per heavy atom. The van der Waals surface area contributed by atoms with E-state index in [1.807, 2.05) is 0 Å². The molecule has 23 heavy (non-hydrogen) atoms. The predicted molar refractivity (Wildman–Crippen MR) is 112 cm³/mol. The molecule has 1 aliphatic rings. The quantitative estimate of drug-likeness (QED) is 0.488. The van der Waals surface area contributed by atoms with E-state index in [2.05, 4.69) is 88.2 Å². The molecular weight excluding hydrogens is 507 g/mol. The molecule has 1 aliphatic carbocycles. The first-order chi connectivity index (χ1) is 10.2. The summed E-state index contributed by atoms with van der Waals surface area (Å²) in [7, 11) is 0. The summed E-state index contributed by atoms with van der Waals surface area (Å²) in [6.45, 7) is 0. The first kappa shape index (κ1) is 21.0. The van der Waals surface area contributed by atoms with Crippen LogP contribution in [0.4, 0.5) is 0 Å². The Labute approximate surface area is 165 Å². The number of hydrogen-bond donors (Lipinski definition) is 0. The summed E-state index contributed by atoms with van der Waals surface area (Å²) in [4.78, 5) is 0. The zero-order valence-electron chi connectivity index (χ0n) is 13.5. The van der Waals surface area contributed by atoms with Crippen LogP contribution in [0, 0.1) is 0 Å². The molecule has 4 heteroatoms. The molecule has 0 aliphatic heterocycles. The van der Waals surface area contributed by atoms with Crippen molar-refractivity contribution in [2.75, 3.05) is 0 Å². The Hall–Kier alpha value is -0.0200. The molecule has 2 aromatic rings. The van der Waals surface area contributed by atoms with Crippen molar-refractivity contribution in [3.8, 4) is 0 Å². The molecule has 0 fully saturated rings. The average Bonchev–Trinajstić information content (AvgIpc) is 3.04. The van der Waals surface area contributed by atoms with Crippen molar-refractivity contribution in [3.63, 3.8) is 0 Å². The molecule has 0 heterocycles. The van der Waals surface area contributed by atoms with E-state index in [4.69, 9.17) is 0 Å². The fourth-order valence-corrected chi connectivity index (χ4v) is 25.7. The van der Waals surface area contributed by atoms with Crippen molar-refractivity contribution in [2.24, 2.45) is 0 Å². The zero-order chi connectivity index (χ0) is 14.7. The molecule has 2 aromatic carbocycles. The van der Waals surface area contributed by atoms with Crippen LogP contribution >= 0.6 is 34.0 Å². The first-order valence-electron chi connectivity index (χ1n) is 7.54. The van der Waals surface area contributed by atoms with Crippen molar-refractivity contribution >= 4 is 49.8 Å². The molecule has 0 nitrogen and oxygen atoms in total. The summed E-state index contributed by atoms with van der Waals surface area (Å²) in [6, 6.07) is 22.5. The summed E-state index contributed by atoms with van der Waals surface area (Å²) in [5, 5.41) is 3.17. The Bertz CT molecular complexity index is 702. The third kappa shape index (κ3) is 4.75. The van der Waals surface area contributed by atoms with Crippen LogP contribution in [0.15, 0.2) is 82.2 Å². The number of rotatable bonds is 3. The normalized spacial score (nSPS) is 12.9. The van der Waals surface area contributed by atoms with Crippen LogP contribution in [0.2, 0.25) is 9.26 Å². The van der Waals surface area contributed by atoms with E-state index in [9.17, 15) is 0 Å². The maximum absolute atomic E-state index is 2.63. The first-order valence-corrected chi connectivity index (χ1v) is 18.9. The SMILES string of the molecule is Br.Br.[CH3][Zr]([CH3])([C]1=CC=CC1)=[Si](c1ccccc1)c1ccccc1. The van der Waals surface area contributed by atoms with Gasteiger partial charge in [-0.15, -0.1) is 34.0 Å². The van der Waals surface area contributed by atoms with E-state index in [1.54, 1.807) is 13.7 Å². The van der Waals surface area contributed by atoms with Crippen molar-refractivity contribution in [1.29, 1.82) is 0 Å². The molecule has 0 N–H and O–H groups in total. The van der Waals surface area contributed by atoms with Crippen LogP contribution in [-0.4, -0.2) is 5.43 Å². The van der Waals surface area contributed by atoms with Crippen molar-refractivity contribution in [2.45, 2.75) is 15.7 Å². The van der Waals surface area contributed by atoms with Crippen molar-refractivity contribution < 1.29 is 18.9 Å². The Kier molecular flexibility index (Phi) is 8.65. The van der Waals surface area contributed by atoms with Gasteiger partial charge in [0, 0.05) is 0 Å². The van der Waals surface area contributed by atoms with Crippen LogP contribution in [0.1, 0.15) is 6.42 Å². The van der Waals surface area contributed by atoms with Gasteiger partial charge in [-0.05, 0) is 0 Å². The van der Waals surface area contributed by atoms with E-state index in [-0.39, 0.29) is 34.0 Å². The van der Waals surface area contributed by atoms with E-state index in [1.165, 1.54) is 6.42 Å². The molecule has 0 spiro atoms. The summed E-state index contributed by atoms with van der Waals surface area (Å²) < 4.78 is 7.02. The summed E-state index contributed by atoms with van der Waals surface area (Å²) in [5.41, 5.74) is -0.657. The molecule has 0 aromatic heterocycles. The van der Waals surface area contributed by atoms with Crippen molar-refractivity contribution in [1.82, 2.24) is 0 Å². The van der Waals surface area contributed by atoms with E-state index in [0.717, 1.165) is 0 Å². The van der Waals surface area contributed by atoms with Crippen LogP contribution in [-0.2, 0) is 18.9 Å². The van der Waals surface area contributed by atoms with Crippen molar-refractivity contribution in [3.05, 3.63) is 82.2 Å². The van der Waals surface area contributed by atoms with Crippen LogP contribution < -0.4 is 10.4 Å². The molecule has 0 bridgehead atoms. The van der Waals surface area contributed by atoms with Gasteiger partial charge < -0.3 is 0 Å². The van der Waals surface area contributed by atoms with Crippen LogP contribution in [0.5, 0.6) is 0 Å². The second-order valence-corrected chi connectivity index (χ2v) is 28.6. The number of benzene rings is 2. The molecule has 0 amide bonds. The molecule has 0 atom stereocenters. The molecular formula is C19H23Br2SiZr. The standard InChI is InChI=1S/C12H10Si.C5H5.2CH3.2BrH.Zr/c1-3-7-11(8-4-1)13-12-9-5-2-6-10-12;1-2-4-5-3-1;;;;;/h1-10H;1-3H,4H2;2*1H3;2*1H;. The Balaban J connectivity index is 0.00000132. The molecule has 121 valence electrons. The fraction of sp³-hybridized carbons (Fsp3) is 0.158. The van der Waals surface area contributed by atoms with E-state index < -0.39 is 24.3 Å². The number of hydrogen-bond acceptors (Lipinski definition) is 0. The molecule has 0 unspecified atom stereocenters. The average molecular weight is 531 g/mol. The summed E-state index contributed by atoms with van der Waals surface area (Å²) in [6.07, 6.45) is 8.18. The van der Waals surface area contributed by atoms with Gasteiger partial charge in [0.1, 0.15) is 0 Å². The second kappa shape index (κ2) is 9.46. The monoisotopic (exact) mass is 527 g/mol. The van der Waals surface area contributed by atoms with Gasteiger partial charge >= 0.3 is 133 Å². The van der Waals surface area contributed by atoms with Gasteiger partial charge in [-0.3, -0.25) is 0 Å². The minimum absolute atomic E-state index is 0. The van der Waals surface area contributed by atoms with Crippen LogP contribution in [0.3, 0.4) is 0 Å². The number of halogens is 2. The fourth-order valence-electron chi connectivity index (χ4n) is 3.17. The minimum atomic E-state index is -2.34. The molecule has 0 saturated heterocycles. The zero-order valence-corrected chi connectivity index (χ0v) is 20.4. The summed E-state index contributed by atoms with van der Waals surface area (Å²) in [5.74, 6) is 0. The molecule has 3 rings (SSSR count). The van der Waals surface area contributed by atoms with Gasteiger partial charge in [0.2, 0.25) is 0 Å². The van der Waals surface area contributed by atoms with Gasteiger partial charge in [-0.1, -0.05) is 0 Å². The summed E-state index contributed by atoms with van der Waals surface area (Å²) >= 11 is -2.34. The van der Waals surface area contributed by atoms with Crippen LogP contribution in [0.25, 0.3) is 0 Å². The van der Waals surface area contributed by atoms with Gasteiger partial charge in [0.05, 0.1) is 0 Å². The van der Waals surface area contributed by atoms with Gasteiger partial charge in [-0.2, -0.15) is 0 Å².